The van der Waals surface area contributed by atoms with Crippen molar-refractivity contribution in [3.8, 4) is 5.75 Å². The van der Waals surface area contributed by atoms with Gasteiger partial charge in [0.1, 0.15) is 22.0 Å². The molecule has 8 heteroatoms. The maximum Gasteiger partial charge on any atom is 0.296 e. The first-order chi connectivity index (χ1) is 12.8. The molecule has 7 nitrogen and oxygen atoms in total. The highest BCUT2D eigenvalue weighted by Gasteiger charge is 2.17. The molecule has 0 fully saturated rings. The first kappa shape index (κ1) is 18.8. The number of benzene rings is 3. The number of hydrogen-bond acceptors (Lipinski definition) is 6. The fourth-order valence-electron chi connectivity index (χ4n) is 2.73. The van der Waals surface area contributed by atoms with Crippen molar-refractivity contribution in [1.29, 1.82) is 0 Å². The van der Waals surface area contributed by atoms with E-state index >= 15 is 0 Å². The van der Waals surface area contributed by atoms with E-state index in [9.17, 15) is 13.0 Å². The average Bonchev–Trinajstić information content (AvgIpc) is 2.64. The number of fused-ring (bicyclic) bond motifs is 1. The van der Waals surface area contributed by atoms with E-state index in [1.165, 1.54) is 25.3 Å². The van der Waals surface area contributed by atoms with Crippen molar-refractivity contribution in [2.75, 3.05) is 26.1 Å². The predicted octanol–water partition coefficient (Wildman–Crippen LogP) is 4.58. The Balaban J connectivity index is 2.21. The van der Waals surface area contributed by atoms with Crippen molar-refractivity contribution in [2.45, 2.75) is 4.90 Å². The van der Waals surface area contributed by atoms with Crippen LogP contribution in [0.5, 0.6) is 5.75 Å². The number of hydrogen-bond donors (Lipinski definition) is 1. The molecule has 3 aromatic carbocycles. The van der Waals surface area contributed by atoms with E-state index < -0.39 is 10.1 Å². The van der Waals surface area contributed by atoms with E-state index in [1.54, 1.807) is 0 Å². The lowest BCUT2D eigenvalue weighted by molar-refractivity contribution is 0.414. The van der Waals surface area contributed by atoms with Gasteiger partial charge in [-0.15, -0.1) is 10.2 Å². The second-order valence-electron chi connectivity index (χ2n) is 6.06. The van der Waals surface area contributed by atoms with Crippen LogP contribution in [0, 0.1) is 0 Å². The molecule has 0 saturated carbocycles. The second kappa shape index (κ2) is 7.34. The Hall–Kier alpha value is -2.97. The first-order valence-corrected chi connectivity index (χ1v) is 9.51. The summed E-state index contributed by atoms with van der Waals surface area (Å²) in [7, 11) is 0.779. The summed E-state index contributed by atoms with van der Waals surface area (Å²) >= 11 is 0. The lowest BCUT2D eigenvalue weighted by Crippen LogP contribution is -2.08. The van der Waals surface area contributed by atoms with Crippen molar-refractivity contribution >= 4 is 38.0 Å². The maximum absolute atomic E-state index is 11.7. The summed E-state index contributed by atoms with van der Waals surface area (Å²) in [6, 6.07) is 15.7. The summed E-state index contributed by atoms with van der Waals surface area (Å²) < 4.78 is 37.9. The topological polar surface area (TPSA) is 91.6 Å². The Morgan fingerprint density at radius 2 is 1.74 bits per heavy atom. The first-order valence-electron chi connectivity index (χ1n) is 8.07. The lowest BCUT2D eigenvalue weighted by atomic mass is 10.1. The summed E-state index contributed by atoms with van der Waals surface area (Å²) in [6.45, 7) is 0. The molecule has 0 aliphatic heterocycles. The molecule has 3 rings (SSSR count). The van der Waals surface area contributed by atoms with Crippen molar-refractivity contribution in [1.82, 2.24) is 0 Å². The minimum Gasteiger partial charge on any atom is -0.497 e. The molecule has 0 atom stereocenters. The van der Waals surface area contributed by atoms with Gasteiger partial charge in [0, 0.05) is 25.5 Å². The van der Waals surface area contributed by atoms with Crippen LogP contribution in [0.25, 0.3) is 10.8 Å². The summed E-state index contributed by atoms with van der Waals surface area (Å²) in [5, 5.41) is 10.3. The highest BCUT2D eigenvalue weighted by Crippen LogP contribution is 2.38. The number of azo groups is 1. The normalized spacial score (nSPS) is 11.9. The van der Waals surface area contributed by atoms with Crippen LogP contribution in [-0.2, 0) is 10.1 Å². The molecule has 0 aliphatic rings. The van der Waals surface area contributed by atoms with Gasteiger partial charge in [0.2, 0.25) is 0 Å². The van der Waals surface area contributed by atoms with E-state index in [0.29, 0.717) is 11.4 Å². The summed E-state index contributed by atoms with van der Waals surface area (Å²) in [5.41, 5.74) is 1.42. The minimum absolute atomic E-state index is 0.00510. The van der Waals surface area contributed by atoms with Gasteiger partial charge < -0.3 is 9.64 Å². The Morgan fingerprint density at radius 1 is 1.00 bits per heavy atom. The molecule has 27 heavy (non-hydrogen) atoms. The highest BCUT2D eigenvalue weighted by molar-refractivity contribution is 7.86. The van der Waals surface area contributed by atoms with Gasteiger partial charge in [0.15, 0.2) is 0 Å². The third-order valence-electron chi connectivity index (χ3n) is 4.06. The quantitative estimate of drug-likeness (QED) is 0.513. The van der Waals surface area contributed by atoms with Gasteiger partial charge in [-0.05, 0) is 23.6 Å². The molecule has 0 aromatic heterocycles. The molecule has 0 spiro atoms. The van der Waals surface area contributed by atoms with Crippen molar-refractivity contribution < 1.29 is 17.7 Å². The zero-order valence-electron chi connectivity index (χ0n) is 15.1. The monoisotopic (exact) mass is 385 g/mol. The Morgan fingerprint density at radius 3 is 2.41 bits per heavy atom. The smallest absolute Gasteiger partial charge is 0.296 e. The fourth-order valence-corrected chi connectivity index (χ4v) is 3.34. The van der Waals surface area contributed by atoms with Gasteiger partial charge >= 0.3 is 0 Å². The van der Waals surface area contributed by atoms with Crippen LogP contribution in [-0.4, -0.2) is 34.2 Å². The standard InChI is InChI=1S/C19H19N3O4S/c1-22(2)17-10-8-13-6-4-5-7-15(13)19(17)21-20-16-12-14(26-3)9-11-18(16)27(23,24)25/h4-12H,1-3H3,(H,23,24,25). The number of nitrogens with zero attached hydrogens (tertiary/aromatic N) is 3. The molecule has 0 radical (unpaired) electrons. The maximum atomic E-state index is 11.7. The van der Waals surface area contributed by atoms with Gasteiger partial charge in [0.25, 0.3) is 10.1 Å². The molecule has 0 unspecified atom stereocenters. The van der Waals surface area contributed by atoms with Gasteiger partial charge in [-0.3, -0.25) is 4.55 Å². The SMILES string of the molecule is COc1ccc(S(=O)(=O)O)c(N=Nc2c(N(C)C)ccc3ccccc23)c1. The van der Waals surface area contributed by atoms with Crippen LogP contribution >= 0.6 is 0 Å². The third kappa shape index (κ3) is 3.91. The van der Waals surface area contributed by atoms with Crippen LogP contribution in [0.4, 0.5) is 17.1 Å². The van der Waals surface area contributed by atoms with Gasteiger partial charge in [0.05, 0.1) is 12.8 Å². The Labute approximate surface area is 157 Å². The summed E-state index contributed by atoms with van der Waals surface area (Å²) in [5.74, 6) is 0.405. The molecule has 3 aromatic rings. The van der Waals surface area contributed by atoms with E-state index in [-0.39, 0.29) is 10.6 Å². The second-order valence-corrected chi connectivity index (χ2v) is 7.45. The number of ether oxygens (including phenoxy) is 1. The van der Waals surface area contributed by atoms with E-state index in [4.69, 9.17) is 4.74 Å². The van der Waals surface area contributed by atoms with Gasteiger partial charge in [-0.1, -0.05) is 30.3 Å². The summed E-state index contributed by atoms with van der Waals surface area (Å²) in [6.07, 6.45) is 0. The van der Waals surface area contributed by atoms with Crippen LogP contribution in [0.2, 0.25) is 0 Å². The van der Waals surface area contributed by atoms with Crippen molar-refractivity contribution in [3.63, 3.8) is 0 Å². The molecule has 0 heterocycles. The molecule has 0 bridgehead atoms. The third-order valence-corrected chi connectivity index (χ3v) is 4.96. The average molecular weight is 385 g/mol. The van der Waals surface area contributed by atoms with Gasteiger partial charge in [-0.25, -0.2) is 0 Å². The molecule has 0 aliphatic carbocycles. The molecule has 1 N–H and O–H groups in total. The highest BCUT2D eigenvalue weighted by atomic mass is 32.2. The van der Waals surface area contributed by atoms with Crippen LogP contribution in [0.3, 0.4) is 0 Å². The van der Waals surface area contributed by atoms with E-state index in [2.05, 4.69) is 10.2 Å². The molecular weight excluding hydrogens is 366 g/mol. The van der Waals surface area contributed by atoms with Gasteiger partial charge in [-0.2, -0.15) is 8.42 Å². The Kier molecular flexibility index (Phi) is 5.11. The molecular formula is C19H19N3O4S. The molecule has 0 saturated heterocycles. The number of rotatable bonds is 5. The van der Waals surface area contributed by atoms with E-state index in [1.807, 2.05) is 55.4 Å². The zero-order chi connectivity index (χ0) is 19.6. The summed E-state index contributed by atoms with van der Waals surface area (Å²) in [4.78, 5) is 1.56. The molecule has 0 amide bonds. The molecule has 140 valence electrons. The van der Waals surface area contributed by atoms with Crippen molar-refractivity contribution in [2.24, 2.45) is 10.2 Å². The van der Waals surface area contributed by atoms with Crippen LogP contribution in [0.1, 0.15) is 0 Å². The minimum atomic E-state index is -4.45. The number of methoxy groups -OCH3 is 1. The van der Waals surface area contributed by atoms with Crippen LogP contribution in [0.15, 0.2) is 69.7 Å². The van der Waals surface area contributed by atoms with E-state index in [0.717, 1.165) is 16.5 Å². The lowest BCUT2D eigenvalue weighted by Gasteiger charge is -2.16. The fraction of sp³-hybridized carbons (Fsp3) is 0.158. The van der Waals surface area contributed by atoms with Crippen molar-refractivity contribution in [3.05, 3.63) is 54.6 Å². The van der Waals surface area contributed by atoms with Crippen LogP contribution < -0.4 is 9.64 Å². The zero-order valence-corrected chi connectivity index (χ0v) is 15.9. The number of anilines is 1. The Bertz CT molecular complexity index is 1130. The predicted molar refractivity (Wildman–Crippen MR) is 105 cm³/mol. The largest absolute Gasteiger partial charge is 0.497 e.